The number of aromatic amines is 1. The number of aromatic nitrogens is 3. The second kappa shape index (κ2) is 6.27. The van der Waals surface area contributed by atoms with E-state index < -0.39 is 17.7 Å². The number of para-hydroxylation sites is 1. The number of hydrogen-bond donors (Lipinski definition) is 2. The normalized spacial score (nSPS) is 16.9. The number of fused-ring (bicyclic) bond motifs is 2. The number of carbonyl (C=O) groups is 2. The number of aliphatic hydroxyl groups excluding tert-OH is 1. The number of Topliss-reactive ketones (excluding diaryl/α,β-unsaturated/α-hetero) is 1. The lowest BCUT2D eigenvalue weighted by Gasteiger charge is -2.26. The molecule has 0 aliphatic carbocycles. The topological polar surface area (TPSA) is 99.2 Å². The van der Waals surface area contributed by atoms with E-state index >= 15 is 0 Å². The first-order valence-electron chi connectivity index (χ1n) is 9.10. The molecule has 0 spiro atoms. The molecule has 1 amide bonds. The summed E-state index contributed by atoms with van der Waals surface area (Å²) in [5, 5.41) is 11.4. The fraction of sp³-hybridized carbons (Fsp3) is 0.0909. The lowest BCUT2D eigenvalue weighted by atomic mass is 9.96. The molecular weight excluding hydrogens is 368 g/mol. The zero-order chi connectivity index (χ0) is 20.1. The molecule has 7 heteroatoms. The van der Waals surface area contributed by atoms with E-state index in [0.717, 1.165) is 21.9 Å². The molecule has 0 bridgehead atoms. The van der Waals surface area contributed by atoms with Crippen LogP contribution in [0.15, 0.2) is 72.4 Å². The zero-order valence-electron chi connectivity index (χ0n) is 15.5. The third kappa shape index (κ3) is 2.59. The van der Waals surface area contributed by atoms with Crippen molar-refractivity contribution in [2.24, 2.45) is 0 Å². The van der Waals surface area contributed by atoms with Gasteiger partial charge in [0.15, 0.2) is 11.5 Å². The summed E-state index contributed by atoms with van der Waals surface area (Å²) in [6.07, 6.45) is 3.21. The van der Waals surface area contributed by atoms with Crippen LogP contribution in [-0.4, -0.2) is 31.7 Å². The van der Waals surface area contributed by atoms with Crippen molar-refractivity contribution in [2.75, 3.05) is 4.90 Å². The van der Waals surface area contributed by atoms with E-state index in [0.29, 0.717) is 11.3 Å². The molecule has 4 aromatic rings. The lowest BCUT2D eigenvalue weighted by molar-refractivity contribution is -0.117. The molecule has 7 nitrogen and oxygen atoms in total. The van der Waals surface area contributed by atoms with Gasteiger partial charge in [0.05, 0.1) is 34.5 Å². The van der Waals surface area contributed by atoms with Gasteiger partial charge in [-0.15, -0.1) is 0 Å². The molecule has 1 aliphatic heterocycles. The van der Waals surface area contributed by atoms with Crippen LogP contribution in [0.5, 0.6) is 0 Å². The van der Waals surface area contributed by atoms with Crippen LogP contribution in [-0.2, 0) is 9.59 Å². The maximum atomic E-state index is 13.0. The van der Waals surface area contributed by atoms with Crippen LogP contribution in [0, 0.1) is 0 Å². The van der Waals surface area contributed by atoms with Crippen molar-refractivity contribution in [3.8, 4) is 0 Å². The highest BCUT2D eigenvalue weighted by atomic mass is 16.3. The second-order valence-electron chi connectivity index (χ2n) is 6.96. The summed E-state index contributed by atoms with van der Waals surface area (Å²) in [7, 11) is 0. The van der Waals surface area contributed by atoms with Crippen LogP contribution in [0.3, 0.4) is 0 Å². The average molecular weight is 384 g/mol. The number of nitrogens with one attached hydrogen (secondary N) is 1. The minimum Gasteiger partial charge on any atom is -0.503 e. The monoisotopic (exact) mass is 384 g/mol. The van der Waals surface area contributed by atoms with Crippen molar-refractivity contribution >= 4 is 39.3 Å². The highest BCUT2D eigenvalue weighted by molar-refractivity contribution is 6.16. The molecule has 1 aliphatic rings. The number of aliphatic hydroxyl groups is 1. The number of rotatable bonds is 3. The van der Waals surface area contributed by atoms with E-state index in [1.165, 1.54) is 11.8 Å². The molecule has 5 rings (SSSR count). The van der Waals surface area contributed by atoms with E-state index in [1.54, 1.807) is 30.7 Å². The van der Waals surface area contributed by atoms with Gasteiger partial charge in [-0.2, -0.15) is 0 Å². The summed E-state index contributed by atoms with van der Waals surface area (Å²) < 4.78 is 0. The Balaban J connectivity index is 1.71. The van der Waals surface area contributed by atoms with E-state index in [4.69, 9.17) is 0 Å². The van der Waals surface area contributed by atoms with Crippen LogP contribution < -0.4 is 4.90 Å². The molecule has 3 heterocycles. The molecule has 0 radical (unpaired) electrons. The second-order valence-corrected chi connectivity index (χ2v) is 6.96. The van der Waals surface area contributed by atoms with Gasteiger partial charge in [0.2, 0.25) is 0 Å². The molecule has 0 saturated heterocycles. The highest BCUT2D eigenvalue weighted by Gasteiger charge is 2.43. The van der Waals surface area contributed by atoms with E-state index in [9.17, 15) is 14.7 Å². The lowest BCUT2D eigenvalue weighted by Crippen LogP contribution is -2.30. The molecule has 142 valence electrons. The van der Waals surface area contributed by atoms with Gasteiger partial charge in [-0.05, 0) is 42.8 Å². The van der Waals surface area contributed by atoms with E-state index in [1.807, 2.05) is 30.3 Å². The largest absolute Gasteiger partial charge is 0.503 e. The molecule has 0 saturated carbocycles. The minimum absolute atomic E-state index is 0.0665. The summed E-state index contributed by atoms with van der Waals surface area (Å²) in [4.78, 5) is 38.4. The third-order valence-electron chi connectivity index (χ3n) is 5.20. The smallest absolute Gasteiger partial charge is 0.294 e. The van der Waals surface area contributed by atoms with Gasteiger partial charge in [-0.3, -0.25) is 19.5 Å². The van der Waals surface area contributed by atoms with Crippen LogP contribution >= 0.6 is 0 Å². The van der Waals surface area contributed by atoms with Crippen LogP contribution in [0.1, 0.15) is 18.5 Å². The number of imidazole rings is 1. The van der Waals surface area contributed by atoms with Gasteiger partial charge < -0.3 is 10.1 Å². The van der Waals surface area contributed by atoms with Crippen molar-refractivity contribution < 1.29 is 14.7 Å². The highest BCUT2D eigenvalue weighted by Crippen LogP contribution is 2.41. The summed E-state index contributed by atoms with van der Waals surface area (Å²) in [6, 6.07) is 14.0. The quantitative estimate of drug-likeness (QED) is 0.562. The molecular formula is C22H16N4O3. The Bertz CT molecular complexity index is 1340. The Morgan fingerprint density at radius 2 is 1.93 bits per heavy atom. The predicted octanol–water partition coefficient (Wildman–Crippen LogP) is 3.60. The van der Waals surface area contributed by atoms with Gasteiger partial charge in [0, 0.05) is 17.3 Å². The number of nitrogens with zero attached hydrogens (tertiary/aromatic N) is 3. The summed E-state index contributed by atoms with van der Waals surface area (Å²) in [5.74, 6) is -1.51. The number of anilines is 1. The van der Waals surface area contributed by atoms with Crippen LogP contribution in [0.25, 0.3) is 21.9 Å². The molecule has 2 N–H and O–H groups in total. The summed E-state index contributed by atoms with van der Waals surface area (Å²) >= 11 is 0. The van der Waals surface area contributed by atoms with Crippen molar-refractivity contribution in [3.63, 3.8) is 0 Å². The van der Waals surface area contributed by atoms with Crippen molar-refractivity contribution in [1.29, 1.82) is 0 Å². The number of pyridine rings is 1. The molecule has 0 fully saturated rings. The predicted molar refractivity (Wildman–Crippen MR) is 108 cm³/mol. The van der Waals surface area contributed by atoms with E-state index in [2.05, 4.69) is 15.0 Å². The minimum atomic E-state index is -0.766. The van der Waals surface area contributed by atoms with Crippen LogP contribution in [0.4, 0.5) is 5.69 Å². The van der Waals surface area contributed by atoms with Gasteiger partial charge >= 0.3 is 0 Å². The molecule has 1 atom stereocenters. The first-order valence-corrected chi connectivity index (χ1v) is 9.10. The number of ketones is 1. The SMILES string of the molecule is CC(=O)C1=C(O)C(=O)N(c2ccc3nc[nH]c3c2)C1c1cnc2ccccc2c1. The number of hydrogen-bond acceptors (Lipinski definition) is 5. The van der Waals surface area contributed by atoms with Gasteiger partial charge in [0.1, 0.15) is 0 Å². The van der Waals surface area contributed by atoms with Crippen molar-refractivity contribution in [2.45, 2.75) is 13.0 Å². The van der Waals surface area contributed by atoms with E-state index in [-0.39, 0.29) is 11.4 Å². The van der Waals surface area contributed by atoms with Crippen molar-refractivity contribution in [3.05, 3.63) is 78.0 Å². The molecule has 2 aromatic heterocycles. The van der Waals surface area contributed by atoms with Crippen molar-refractivity contribution in [1.82, 2.24) is 15.0 Å². The number of benzene rings is 2. The summed E-state index contributed by atoms with van der Waals surface area (Å²) in [6.45, 7) is 1.35. The average Bonchev–Trinajstić information content (AvgIpc) is 3.29. The molecule has 2 aromatic carbocycles. The zero-order valence-corrected chi connectivity index (χ0v) is 15.5. The standard InChI is InChI=1S/C22H16N4O3/c1-12(27)19-20(14-8-13-4-2-3-5-16(13)23-10-14)26(22(29)21(19)28)15-6-7-17-18(9-15)25-11-24-17/h2-11,20,28H,1H3,(H,24,25). The number of amides is 1. The Hall–Kier alpha value is -4.00. The Morgan fingerprint density at radius 1 is 1.10 bits per heavy atom. The molecule has 1 unspecified atom stereocenters. The summed E-state index contributed by atoms with van der Waals surface area (Å²) in [5.41, 5.74) is 3.58. The molecule has 29 heavy (non-hydrogen) atoms. The third-order valence-corrected chi connectivity index (χ3v) is 5.20. The van der Waals surface area contributed by atoms with Gasteiger partial charge in [0.25, 0.3) is 5.91 Å². The Kier molecular flexibility index (Phi) is 3.70. The first kappa shape index (κ1) is 17.1. The maximum absolute atomic E-state index is 13.0. The van der Waals surface area contributed by atoms with Gasteiger partial charge in [-0.25, -0.2) is 4.98 Å². The fourth-order valence-electron chi connectivity index (χ4n) is 3.86. The number of carbonyl (C=O) groups excluding carboxylic acids is 2. The van der Waals surface area contributed by atoms with Crippen LogP contribution in [0.2, 0.25) is 0 Å². The fourth-order valence-corrected chi connectivity index (χ4v) is 3.86. The van der Waals surface area contributed by atoms with Gasteiger partial charge in [-0.1, -0.05) is 18.2 Å². The maximum Gasteiger partial charge on any atom is 0.294 e. The first-order chi connectivity index (χ1) is 14.0. The Morgan fingerprint density at radius 3 is 2.76 bits per heavy atom. The number of H-pyrrole nitrogens is 1. The Labute approximate surface area is 165 Å².